The number of fused-ring (bicyclic) bond motifs is 1. The normalized spacial score (nSPS) is 14.1. The lowest BCUT2D eigenvalue weighted by atomic mass is 10.0. The van der Waals surface area contributed by atoms with E-state index in [2.05, 4.69) is 5.32 Å². The highest BCUT2D eigenvalue weighted by atomic mass is 32.2. The molecule has 0 bridgehead atoms. The molecule has 178 valence electrons. The summed E-state index contributed by atoms with van der Waals surface area (Å²) in [6.45, 7) is 1.62. The third-order valence-corrected chi connectivity index (χ3v) is 8.29. The average molecular weight is 500 g/mol. The van der Waals surface area contributed by atoms with E-state index in [4.69, 9.17) is 9.47 Å². The summed E-state index contributed by atoms with van der Waals surface area (Å²) in [6, 6.07) is 17.5. The van der Waals surface area contributed by atoms with E-state index in [0.717, 1.165) is 22.5 Å². The minimum Gasteiger partial charge on any atom is -0.483 e. The number of thiophene rings is 1. The van der Waals surface area contributed by atoms with Crippen molar-refractivity contribution >= 4 is 38.1 Å². The molecule has 0 aliphatic carbocycles. The van der Waals surface area contributed by atoms with Crippen molar-refractivity contribution in [3.05, 3.63) is 81.7 Å². The molecule has 2 aromatic carbocycles. The first-order chi connectivity index (χ1) is 16.4. The molecule has 0 fully saturated rings. The molecule has 1 aliphatic heterocycles. The predicted octanol–water partition coefficient (Wildman–Crippen LogP) is 4.00. The van der Waals surface area contributed by atoms with Crippen molar-refractivity contribution in [3.8, 4) is 5.75 Å². The van der Waals surface area contributed by atoms with E-state index >= 15 is 0 Å². The molecule has 34 heavy (non-hydrogen) atoms. The van der Waals surface area contributed by atoms with Gasteiger partial charge in [0.05, 0.1) is 23.7 Å². The summed E-state index contributed by atoms with van der Waals surface area (Å²) in [7, 11) is -3.22. The first-order valence-corrected chi connectivity index (χ1v) is 13.6. The number of hydrogen-bond donors (Lipinski definition) is 1. The molecule has 1 aromatic heterocycles. The van der Waals surface area contributed by atoms with Crippen LogP contribution < -0.4 is 10.1 Å². The first kappa shape index (κ1) is 24.0. The number of esters is 1. The molecule has 0 saturated carbocycles. The van der Waals surface area contributed by atoms with Gasteiger partial charge in [-0.15, -0.1) is 11.3 Å². The molecule has 1 aliphatic rings. The van der Waals surface area contributed by atoms with Crippen LogP contribution in [-0.4, -0.2) is 39.3 Å². The highest BCUT2D eigenvalue weighted by Gasteiger charge is 2.32. The average Bonchev–Trinajstić information content (AvgIpc) is 3.15. The lowest BCUT2D eigenvalue weighted by molar-refractivity contribution is -0.118. The van der Waals surface area contributed by atoms with Crippen molar-refractivity contribution in [1.82, 2.24) is 0 Å². The third-order valence-electron chi connectivity index (χ3n) is 5.41. The quantitative estimate of drug-likeness (QED) is 0.471. The second kappa shape index (κ2) is 10.4. The Morgan fingerprint density at radius 3 is 2.56 bits per heavy atom. The van der Waals surface area contributed by atoms with Crippen LogP contribution in [0.4, 0.5) is 5.00 Å². The van der Waals surface area contributed by atoms with Gasteiger partial charge >= 0.3 is 5.97 Å². The number of hydrogen-bond acceptors (Lipinski definition) is 7. The summed E-state index contributed by atoms with van der Waals surface area (Å²) in [5.74, 6) is -0.579. The predicted molar refractivity (Wildman–Crippen MR) is 131 cm³/mol. The monoisotopic (exact) mass is 499 g/mol. The third kappa shape index (κ3) is 5.66. The Kier molecular flexibility index (Phi) is 7.33. The maximum Gasteiger partial charge on any atom is 0.341 e. The van der Waals surface area contributed by atoms with Crippen LogP contribution in [0.15, 0.2) is 54.6 Å². The van der Waals surface area contributed by atoms with Crippen LogP contribution in [0.2, 0.25) is 0 Å². The maximum absolute atomic E-state index is 12.7. The Bertz CT molecular complexity index is 1300. The fourth-order valence-electron chi connectivity index (χ4n) is 3.84. The zero-order valence-corrected chi connectivity index (χ0v) is 20.3. The van der Waals surface area contributed by atoms with Gasteiger partial charge in [-0.1, -0.05) is 48.5 Å². The number of carbonyl (C=O) groups is 2. The van der Waals surface area contributed by atoms with E-state index in [-0.39, 0.29) is 36.7 Å². The summed E-state index contributed by atoms with van der Waals surface area (Å²) in [4.78, 5) is 25.9. The number of anilines is 1. The van der Waals surface area contributed by atoms with Gasteiger partial charge in [0.25, 0.3) is 5.91 Å². The molecule has 0 saturated heterocycles. The number of ether oxygens (including phenoxy) is 2. The molecular weight excluding hydrogens is 474 g/mol. The Hall–Kier alpha value is -3.17. The van der Waals surface area contributed by atoms with Crippen LogP contribution in [0, 0.1) is 0 Å². The smallest absolute Gasteiger partial charge is 0.341 e. The molecule has 7 nitrogen and oxygen atoms in total. The van der Waals surface area contributed by atoms with Crippen LogP contribution in [0.25, 0.3) is 0 Å². The van der Waals surface area contributed by atoms with Gasteiger partial charge < -0.3 is 14.8 Å². The zero-order valence-electron chi connectivity index (χ0n) is 18.7. The highest BCUT2D eigenvalue weighted by molar-refractivity contribution is 7.90. The number of para-hydroxylation sites is 1. The van der Waals surface area contributed by atoms with E-state index in [1.54, 1.807) is 6.92 Å². The molecule has 0 atom stereocenters. The van der Waals surface area contributed by atoms with Crippen molar-refractivity contribution in [1.29, 1.82) is 0 Å². The van der Waals surface area contributed by atoms with Crippen molar-refractivity contribution in [3.63, 3.8) is 0 Å². The van der Waals surface area contributed by atoms with Crippen LogP contribution in [0.5, 0.6) is 5.75 Å². The molecule has 0 radical (unpaired) electrons. The summed E-state index contributed by atoms with van der Waals surface area (Å²) < 4.78 is 35.1. The van der Waals surface area contributed by atoms with Crippen molar-refractivity contribution in [2.24, 2.45) is 0 Å². The van der Waals surface area contributed by atoms with E-state index in [1.807, 2.05) is 54.6 Å². The summed E-state index contributed by atoms with van der Waals surface area (Å²) in [5.41, 5.74) is 2.96. The van der Waals surface area contributed by atoms with Gasteiger partial charge in [-0.25, -0.2) is 13.2 Å². The van der Waals surface area contributed by atoms with E-state index in [9.17, 15) is 18.0 Å². The molecule has 0 spiro atoms. The van der Waals surface area contributed by atoms with Crippen LogP contribution in [-0.2, 0) is 38.0 Å². The Balaban J connectivity index is 1.49. The van der Waals surface area contributed by atoms with E-state index < -0.39 is 21.7 Å². The minimum atomic E-state index is -3.22. The number of nitrogens with one attached hydrogen (secondary N) is 1. The standard InChI is InChI=1S/C25H25NO6S2/c1-2-31-25(28)23-19-12-13-34(29,30)16-21(19)33-24(23)26-22(27)15-32-20-11-7-6-10-18(20)14-17-8-4-3-5-9-17/h3-11H,2,12-16H2,1H3,(H,26,27). The van der Waals surface area contributed by atoms with Crippen LogP contribution >= 0.6 is 11.3 Å². The highest BCUT2D eigenvalue weighted by Crippen LogP contribution is 2.38. The van der Waals surface area contributed by atoms with Gasteiger partial charge in [-0.2, -0.15) is 0 Å². The SMILES string of the molecule is CCOC(=O)c1c(NC(=O)COc2ccccc2Cc2ccccc2)sc2c1CCS(=O)(=O)C2. The number of rotatable bonds is 8. The molecule has 9 heteroatoms. The second-order valence-corrected chi connectivity index (χ2v) is 11.2. The van der Waals surface area contributed by atoms with Gasteiger partial charge in [0.2, 0.25) is 0 Å². The van der Waals surface area contributed by atoms with Gasteiger partial charge in [0.15, 0.2) is 16.4 Å². The number of amides is 1. The number of carbonyl (C=O) groups excluding carboxylic acids is 2. The molecule has 1 amide bonds. The molecular formula is C25H25NO6S2. The maximum atomic E-state index is 12.7. The van der Waals surface area contributed by atoms with Crippen LogP contribution in [0.1, 0.15) is 38.8 Å². The van der Waals surface area contributed by atoms with Crippen molar-refractivity contribution < 1.29 is 27.5 Å². The van der Waals surface area contributed by atoms with Gasteiger partial charge in [0, 0.05) is 11.3 Å². The largest absolute Gasteiger partial charge is 0.483 e. The molecule has 2 heterocycles. The van der Waals surface area contributed by atoms with E-state index in [0.29, 0.717) is 27.6 Å². The fraction of sp³-hybridized carbons (Fsp3) is 0.280. The van der Waals surface area contributed by atoms with E-state index in [1.165, 1.54) is 0 Å². The summed E-state index contributed by atoms with van der Waals surface area (Å²) >= 11 is 1.11. The van der Waals surface area contributed by atoms with Crippen molar-refractivity contribution in [2.45, 2.75) is 25.5 Å². The summed E-state index contributed by atoms with van der Waals surface area (Å²) in [5, 5.41) is 3.03. The van der Waals surface area contributed by atoms with Gasteiger partial charge in [-0.05, 0) is 36.1 Å². The molecule has 0 unspecified atom stereocenters. The lowest BCUT2D eigenvalue weighted by Gasteiger charge is -2.13. The topological polar surface area (TPSA) is 98.8 Å². The molecule has 4 rings (SSSR count). The fourth-order valence-corrected chi connectivity index (χ4v) is 6.90. The number of sulfone groups is 1. The molecule has 3 aromatic rings. The molecule has 1 N–H and O–H groups in total. The summed E-state index contributed by atoms with van der Waals surface area (Å²) in [6.07, 6.45) is 0.888. The minimum absolute atomic E-state index is 0.0299. The lowest BCUT2D eigenvalue weighted by Crippen LogP contribution is -2.22. The first-order valence-electron chi connectivity index (χ1n) is 10.9. The van der Waals surface area contributed by atoms with Gasteiger partial charge in [0.1, 0.15) is 10.8 Å². The number of benzene rings is 2. The van der Waals surface area contributed by atoms with Crippen LogP contribution in [0.3, 0.4) is 0 Å². The van der Waals surface area contributed by atoms with Crippen molar-refractivity contribution in [2.75, 3.05) is 24.3 Å². The Morgan fingerprint density at radius 1 is 1.06 bits per heavy atom. The zero-order chi connectivity index (χ0) is 24.1. The Labute approximate surface area is 202 Å². The Morgan fingerprint density at radius 2 is 1.79 bits per heavy atom. The second-order valence-electron chi connectivity index (χ2n) is 7.88. The van der Waals surface area contributed by atoms with Gasteiger partial charge in [-0.3, -0.25) is 4.79 Å².